The minimum atomic E-state index is -1.50. The molecule has 0 aromatic carbocycles. The standard InChI is InChI=1S/C17H22O13/c1-22-11(18)7(12(19)23-2)15-26-5-6-9(28-15)10-17(27-6)30-16(29-10)8(13(20)24-3)14(21)25-4/h6-10,15-17H,5H2,1-4H3. The van der Waals surface area contributed by atoms with Crippen molar-refractivity contribution in [1.29, 1.82) is 0 Å². The van der Waals surface area contributed by atoms with Crippen LogP contribution in [-0.4, -0.2) is 96.1 Å². The minimum Gasteiger partial charge on any atom is -0.468 e. The summed E-state index contributed by atoms with van der Waals surface area (Å²) < 4.78 is 46.6. The number of hydrogen-bond acceptors (Lipinski definition) is 13. The van der Waals surface area contributed by atoms with Crippen LogP contribution in [0.2, 0.25) is 0 Å². The molecule has 13 nitrogen and oxygen atoms in total. The lowest BCUT2D eigenvalue weighted by Crippen LogP contribution is -2.52. The van der Waals surface area contributed by atoms with Crippen LogP contribution in [0.5, 0.6) is 0 Å². The molecule has 13 heteroatoms. The second-order valence-corrected chi connectivity index (χ2v) is 6.50. The van der Waals surface area contributed by atoms with E-state index >= 15 is 0 Å². The van der Waals surface area contributed by atoms with Gasteiger partial charge < -0.3 is 42.6 Å². The predicted molar refractivity (Wildman–Crippen MR) is 88.1 cm³/mol. The number of fused-ring (bicyclic) bond motifs is 3. The van der Waals surface area contributed by atoms with Crippen molar-refractivity contribution in [3.05, 3.63) is 0 Å². The van der Waals surface area contributed by atoms with Crippen molar-refractivity contribution in [3.63, 3.8) is 0 Å². The Kier molecular flexibility index (Phi) is 6.88. The number of methoxy groups -OCH3 is 4. The highest BCUT2D eigenvalue weighted by Gasteiger charge is 2.59. The van der Waals surface area contributed by atoms with E-state index in [0.717, 1.165) is 28.4 Å². The Hall–Kier alpha value is -2.32. The largest absolute Gasteiger partial charge is 0.468 e. The predicted octanol–water partition coefficient (Wildman–Crippen LogP) is -1.88. The van der Waals surface area contributed by atoms with E-state index in [4.69, 9.17) is 23.7 Å². The van der Waals surface area contributed by atoms with E-state index in [1.54, 1.807) is 0 Å². The molecule has 3 saturated heterocycles. The van der Waals surface area contributed by atoms with E-state index in [0.29, 0.717) is 0 Å². The van der Waals surface area contributed by atoms with Crippen LogP contribution in [0.4, 0.5) is 0 Å². The van der Waals surface area contributed by atoms with Crippen molar-refractivity contribution in [3.8, 4) is 0 Å². The zero-order valence-corrected chi connectivity index (χ0v) is 16.6. The molecule has 0 aromatic rings. The third kappa shape index (κ3) is 3.98. The van der Waals surface area contributed by atoms with Gasteiger partial charge in [0.1, 0.15) is 18.3 Å². The Morgan fingerprint density at radius 1 is 0.667 bits per heavy atom. The first-order chi connectivity index (χ1) is 14.4. The molecule has 3 heterocycles. The third-order valence-electron chi connectivity index (χ3n) is 4.91. The van der Waals surface area contributed by atoms with E-state index in [1.165, 1.54) is 0 Å². The van der Waals surface area contributed by atoms with Gasteiger partial charge >= 0.3 is 23.9 Å². The monoisotopic (exact) mass is 434 g/mol. The summed E-state index contributed by atoms with van der Waals surface area (Å²) in [6.07, 6.45) is -6.00. The summed E-state index contributed by atoms with van der Waals surface area (Å²) in [6, 6.07) is 0. The zero-order valence-electron chi connectivity index (χ0n) is 16.6. The number of esters is 4. The molecule has 6 unspecified atom stereocenters. The zero-order chi connectivity index (χ0) is 22.0. The SMILES string of the molecule is COC(=O)C(C(=O)OC)C1OCC2OC3OC(C(C(=O)OC)C(=O)OC)OC3C2O1. The molecule has 3 fully saturated rings. The lowest BCUT2D eigenvalue weighted by molar-refractivity contribution is -0.285. The van der Waals surface area contributed by atoms with Gasteiger partial charge in [-0.05, 0) is 0 Å². The summed E-state index contributed by atoms with van der Waals surface area (Å²) in [4.78, 5) is 48.0. The second-order valence-electron chi connectivity index (χ2n) is 6.50. The van der Waals surface area contributed by atoms with Gasteiger partial charge in [-0.25, -0.2) is 0 Å². The molecule has 0 amide bonds. The quantitative estimate of drug-likeness (QED) is 0.261. The fraction of sp³-hybridized carbons (Fsp3) is 0.765. The van der Waals surface area contributed by atoms with Crippen LogP contribution in [-0.2, 0) is 61.8 Å². The smallest absolute Gasteiger partial charge is 0.325 e. The molecule has 168 valence electrons. The van der Waals surface area contributed by atoms with Crippen molar-refractivity contribution >= 4 is 23.9 Å². The Morgan fingerprint density at radius 2 is 1.13 bits per heavy atom. The summed E-state index contributed by atoms with van der Waals surface area (Å²) in [5.74, 6) is -6.62. The van der Waals surface area contributed by atoms with E-state index in [2.05, 4.69) is 18.9 Å². The molecule has 0 aliphatic carbocycles. The molecule has 0 radical (unpaired) electrons. The van der Waals surface area contributed by atoms with Crippen molar-refractivity contribution in [2.24, 2.45) is 11.8 Å². The summed E-state index contributed by atoms with van der Waals surface area (Å²) in [6.45, 7) is -0.0400. The molecule has 0 spiro atoms. The molecular formula is C17H22O13. The lowest BCUT2D eigenvalue weighted by atomic mass is 10.1. The van der Waals surface area contributed by atoms with Crippen molar-refractivity contribution < 1.29 is 61.8 Å². The van der Waals surface area contributed by atoms with Crippen molar-refractivity contribution in [2.45, 2.75) is 37.2 Å². The van der Waals surface area contributed by atoms with Gasteiger partial charge in [0, 0.05) is 0 Å². The molecule has 3 aliphatic heterocycles. The highest BCUT2D eigenvalue weighted by Crippen LogP contribution is 2.40. The normalized spacial score (nSPS) is 32.3. The second kappa shape index (κ2) is 9.22. The van der Waals surface area contributed by atoms with Gasteiger partial charge in [-0.2, -0.15) is 0 Å². The minimum absolute atomic E-state index is 0.0400. The third-order valence-corrected chi connectivity index (χ3v) is 4.91. The number of rotatable bonds is 6. The van der Waals surface area contributed by atoms with Gasteiger partial charge in [-0.15, -0.1) is 0 Å². The van der Waals surface area contributed by atoms with Gasteiger partial charge in [-0.3, -0.25) is 19.2 Å². The molecule has 0 N–H and O–H groups in total. The number of carbonyl (C=O) groups is 4. The van der Waals surface area contributed by atoms with Crippen LogP contribution < -0.4 is 0 Å². The van der Waals surface area contributed by atoms with Crippen molar-refractivity contribution in [2.75, 3.05) is 35.0 Å². The van der Waals surface area contributed by atoms with Gasteiger partial charge in [0.2, 0.25) is 11.8 Å². The molecule has 3 rings (SSSR count). The maximum Gasteiger partial charge on any atom is 0.325 e. The number of ether oxygens (including phenoxy) is 9. The summed E-state index contributed by atoms with van der Waals surface area (Å²) in [5.41, 5.74) is 0. The maximum absolute atomic E-state index is 12.0. The van der Waals surface area contributed by atoms with Crippen LogP contribution in [0.25, 0.3) is 0 Å². The summed E-state index contributed by atoms with van der Waals surface area (Å²) >= 11 is 0. The molecule has 30 heavy (non-hydrogen) atoms. The van der Waals surface area contributed by atoms with Gasteiger partial charge in [0.15, 0.2) is 18.9 Å². The molecule has 0 saturated carbocycles. The van der Waals surface area contributed by atoms with Crippen LogP contribution in [0.15, 0.2) is 0 Å². The molecular weight excluding hydrogens is 412 g/mol. The summed E-state index contributed by atoms with van der Waals surface area (Å²) in [7, 11) is 4.42. The van der Waals surface area contributed by atoms with Crippen LogP contribution in [0.1, 0.15) is 0 Å². The van der Waals surface area contributed by atoms with Crippen LogP contribution in [0, 0.1) is 11.8 Å². The van der Waals surface area contributed by atoms with Crippen molar-refractivity contribution in [1.82, 2.24) is 0 Å². The Bertz CT molecular complexity index is 661. The van der Waals surface area contributed by atoms with E-state index in [9.17, 15) is 19.2 Å². The molecule has 3 aliphatic rings. The average Bonchev–Trinajstić information content (AvgIpc) is 3.31. The highest BCUT2D eigenvalue weighted by atomic mass is 16.8. The lowest BCUT2D eigenvalue weighted by Gasteiger charge is -2.35. The Labute approximate surface area is 170 Å². The first kappa shape index (κ1) is 22.4. The van der Waals surface area contributed by atoms with E-state index in [1.807, 2.05) is 0 Å². The van der Waals surface area contributed by atoms with Crippen LogP contribution >= 0.6 is 0 Å². The maximum atomic E-state index is 12.0. The van der Waals surface area contributed by atoms with Crippen LogP contribution in [0.3, 0.4) is 0 Å². The number of carbonyl (C=O) groups excluding carboxylic acids is 4. The first-order valence-electron chi connectivity index (χ1n) is 8.91. The highest BCUT2D eigenvalue weighted by molar-refractivity contribution is 5.96. The average molecular weight is 434 g/mol. The topological polar surface area (TPSA) is 151 Å². The Balaban J connectivity index is 1.74. The molecule has 6 atom stereocenters. The fourth-order valence-electron chi connectivity index (χ4n) is 3.42. The van der Waals surface area contributed by atoms with E-state index in [-0.39, 0.29) is 6.61 Å². The first-order valence-corrected chi connectivity index (χ1v) is 8.91. The van der Waals surface area contributed by atoms with Gasteiger partial charge in [0.05, 0.1) is 35.0 Å². The molecule has 0 bridgehead atoms. The van der Waals surface area contributed by atoms with E-state index < -0.39 is 72.9 Å². The van der Waals surface area contributed by atoms with Gasteiger partial charge in [-0.1, -0.05) is 0 Å². The summed E-state index contributed by atoms with van der Waals surface area (Å²) in [5, 5.41) is 0. The Morgan fingerprint density at radius 3 is 1.63 bits per heavy atom. The fourth-order valence-corrected chi connectivity index (χ4v) is 3.42. The number of hydrogen-bond donors (Lipinski definition) is 0. The molecule has 0 aromatic heterocycles. The van der Waals surface area contributed by atoms with Gasteiger partial charge in [0.25, 0.3) is 0 Å².